The van der Waals surface area contributed by atoms with Gasteiger partial charge in [0.1, 0.15) is 17.2 Å². The highest BCUT2D eigenvalue weighted by Crippen LogP contribution is 2.29. The van der Waals surface area contributed by atoms with Crippen LogP contribution in [0.15, 0.2) is 46.4 Å². The Labute approximate surface area is 147 Å². The number of thiazole rings is 1. The summed E-state index contributed by atoms with van der Waals surface area (Å²) in [6.45, 7) is 3.88. The van der Waals surface area contributed by atoms with Crippen LogP contribution >= 0.6 is 11.3 Å². The van der Waals surface area contributed by atoms with Gasteiger partial charge >= 0.3 is 0 Å². The number of fused-ring (bicyclic) bond motifs is 1. The molecule has 0 saturated heterocycles. The zero-order chi connectivity index (χ0) is 17.4. The molecule has 0 aliphatic rings. The highest BCUT2D eigenvalue weighted by atomic mass is 32.1. The van der Waals surface area contributed by atoms with Crippen LogP contribution in [0.3, 0.4) is 0 Å². The summed E-state index contributed by atoms with van der Waals surface area (Å²) < 4.78 is 5.35. The highest BCUT2D eigenvalue weighted by molar-refractivity contribution is 7.09. The fourth-order valence-electron chi connectivity index (χ4n) is 2.47. The van der Waals surface area contributed by atoms with Crippen molar-refractivity contribution < 1.29 is 9.32 Å². The Balaban J connectivity index is 1.68. The van der Waals surface area contributed by atoms with E-state index in [1.54, 1.807) is 41.8 Å². The molecule has 1 amide bonds. The lowest BCUT2D eigenvalue weighted by atomic mass is 10.1. The van der Waals surface area contributed by atoms with Gasteiger partial charge in [0.25, 0.3) is 5.91 Å². The molecule has 6 nitrogen and oxygen atoms in total. The average Bonchev–Trinajstić information content (AvgIpc) is 3.22. The van der Waals surface area contributed by atoms with Gasteiger partial charge in [0.2, 0.25) is 0 Å². The maximum absolute atomic E-state index is 12.5. The number of aryl methyl sites for hydroxylation is 2. The van der Waals surface area contributed by atoms with E-state index < -0.39 is 0 Å². The lowest BCUT2D eigenvalue weighted by Crippen LogP contribution is -2.12. The van der Waals surface area contributed by atoms with Crippen LogP contribution < -0.4 is 5.32 Å². The Morgan fingerprint density at radius 2 is 2.08 bits per heavy atom. The molecule has 1 aromatic carbocycles. The molecule has 4 rings (SSSR count). The Kier molecular flexibility index (Phi) is 3.77. The molecule has 1 N–H and O–H groups in total. The normalized spacial score (nSPS) is 11.0. The lowest BCUT2D eigenvalue weighted by molar-refractivity contribution is 0.102. The summed E-state index contributed by atoms with van der Waals surface area (Å²) >= 11 is 1.54. The number of anilines is 1. The predicted octanol–water partition coefficient (Wildman–Crippen LogP) is 4.22. The molecule has 0 fully saturated rings. The fourth-order valence-corrected chi connectivity index (χ4v) is 3.06. The molecule has 25 heavy (non-hydrogen) atoms. The summed E-state index contributed by atoms with van der Waals surface area (Å²) in [7, 11) is 0. The van der Waals surface area contributed by atoms with Crippen LogP contribution in [-0.2, 0) is 0 Å². The van der Waals surface area contributed by atoms with Gasteiger partial charge in [-0.05, 0) is 43.7 Å². The van der Waals surface area contributed by atoms with Crippen LogP contribution in [0.25, 0.3) is 22.4 Å². The molecular weight excluding hydrogens is 336 g/mol. The van der Waals surface area contributed by atoms with Crippen LogP contribution in [0.4, 0.5) is 5.82 Å². The zero-order valence-electron chi connectivity index (χ0n) is 13.6. The van der Waals surface area contributed by atoms with Crippen molar-refractivity contribution in [2.45, 2.75) is 13.8 Å². The number of hydrogen-bond acceptors (Lipinski definition) is 6. The molecule has 0 unspecified atom stereocenters. The second-order valence-corrected chi connectivity index (χ2v) is 6.73. The number of benzene rings is 1. The number of carbonyl (C=O) groups is 1. The van der Waals surface area contributed by atoms with Crippen molar-refractivity contribution in [3.05, 3.63) is 58.0 Å². The van der Waals surface area contributed by atoms with Gasteiger partial charge in [0.05, 0.1) is 10.4 Å². The van der Waals surface area contributed by atoms with E-state index in [1.807, 2.05) is 25.3 Å². The topological polar surface area (TPSA) is 80.9 Å². The lowest BCUT2D eigenvalue weighted by Gasteiger charge is -2.04. The summed E-state index contributed by atoms with van der Waals surface area (Å²) in [5.74, 6) is 0.274. The Bertz CT molecular complexity index is 1070. The van der Waals surface area contributed by atoms with Crippen molar-refractivity contribution in [2.75, 3.05) is 5.32 Å². The Hall–Kier alpha value is -3.06. The predicted molar refractivity (Wildman–Crippen MR) is 96.8 cm³/mol. The molecule has 0 atom stereocenters. The van der Waals surface area contributed by atoms with Crippen molar-refractivity contribution in [3.8, 4) is 11.4 Å². The van der Waals surface area contributed by atoms with Crippen molar-refractivity contribution in [1.82, 2.24) is 15.1 Å². The molecule has 0 aliphatic heterocycles. The summed E-state index contributed by atoms with van der Waals surface area (Å²) in [6.07, 6.45) is 1.71. The molecule has 4 aromatic rings. The molecule has 7 heteroatoms. The highest BCUT2D eigenvalue weighted by Gasteiger charge is 2.16. The van der Waals surface area contributed by atoms with E-state index in [4.69, 9.17) is 4.52 Å². The third kappa shape index (κ3) is 3.01. The van der Waals surface area contributed by atoms with Crippen molar-refractivity contribution in [3.63, 3.8) is 0 Å². The third-order valence-electron chi connectivity index (χ3n) is 3.75. The minimum absolute atomic E-state index is 0.236. The first kappa shape index (κ1) is 15.5. The molecule has 124 valence electrons. The zero-order valence-corrected chi connectivity index (χ0v) is 14.4. The van der Waals surface area contributed by atoms with Crippen LogP contribution in [0.2, 0.25) is 0 Å². The van der Waals surface area contributed by atoms with Gasteiger partial charge in [-0.2, -0.15) is 0 Å². The van der Waals surface area contributed by atoms with Gasteiger partial charge in [0, 0.05) is 17.1 Å². The third-order valence-corrected chi connectivity index (χ3v) is 4.52. The number of nitrogens with one attached hydrogen (secondary N) is 1. The second kappa shape index (κ2) is 6.10. The van der Waals surface area contributed by atoms with E-state index in [-0.39, 0.29) is 5.91 Å². The quantitative estimate of drug-likeness (QED) is 0.598. The summed E-state index contributed by atoms with van der Waals surface area (Å²) in [5.41, 5.74) is 3.55. The maximum atomic E-state index is 12.5. The van der Waals surface area contributed by atoms with Gasteiger partial charge < -0.3 is 9.84 Å². The first-order chi connectivity index (χ1) is 12.1. The summed E-state index contributed by atoms with van der Waals surface area (Å²) in [5, 5.41) is 10.5. The van der Waals surface area contributed by atoms with E-state index in [0.717, 1.165) is 21.7 Å². The SMILES string of the molecule is Cc1ccc(NC(=O)c2ccc3onc(-c4csc(C)n4)c3c2)nc1. The van der Waals surface area contributed by atoms with Crippen LogP contribution in [0, 0.1) is 13.8 Å². The summed E-state index contributed by atoms with van der Waals surface area (Å²) in [4.78, 5) is 21.1. The van der Waals surface area contributed by atoms with E-state index in [2.05, 4.69) is 20.4 Å². The molecule has 0 spiro atoms. The van der Waals surface area contributed by atoms with Crippen LogP contribution in [0.5, 0.6) is 0 Å². The van der Waals surface area contributed by atoms with Gasteiger partial charge in [-0.3, -0.25) is 4.79 Å². The average molecular weight is 350 g/mol. The van der Waals surface area contributed by atoms with E-state index in [0.29, 0.717) is 22.7 Å². The smallest absolute Gasteiger partial charge is 0.256 e. The monoisotopic (exact) mass is 350 g/mol. The van der Waals surface area contributed by atoms with E-state index in [1.165, 1.54) is 0 Å². The molecule has 0 bridgehead atoms. The van der Waals surface area contributed by atoms with Gasteiger partial charge in [0.15, 0.2) is 5.58 Å². The van der Waals surface area contributed by atoms with E-state index in [9.17, 15) is 4.79 Å². The molecule has 0 radical (unpaired) electrons. The Morgan fingerprint density at radius 1 is 1.20 bits per heavy atom. The molecule has 3 heterocycles. The number of hydrogen-bond donors (Lipinski definition) is 1. The van der Waals surface area contributed by atoms with Crippen molar-refractivity contribution in [1.29, 1.82) is 0 Å². The number of nitrogens with zero attached hydrogens (tertiary/aromatic N) is 3. The number of rotatable bonds is 3. The second-order valence-electron chi connectivity index (χ2n) is 5.67. The minimum Gasteiger partial charge on any atom is -0.356 e. The largest absolute Gasteiger partial charge is 0.356 e. The number of carbonyl (C=O) groups excluding carboxylic acids is 1. The maximum Gasteiger partial charge on any atom is 0.256 e. The minimum atomic E-state index is -0.236. The van der Waals surface area contributed by atoms with Crippen LogP contribution in [0.1, 0.15) is 20.9 Å². The first-order valence-corrected chi connectivity index (χ1v) is 8.54. The van der Waals surface area contributed by atoms with Gasteiger partial charge in [-0.1, -0.05) is 11.2 Å². The van der Waals surface area contributed by atoms with Gasteiger partial charge in [-0.15, -0.1) is 11.3 Å². The molecule has 0 saturated carbocycles. The fraction of sp³-hybridized carbons (Fsp3) is 0.111. The van der Waals surface area contributed by atoms with Crippen molar-refractivity contribution >= 4 is 34.0 Å². The number of aromatic nitrogens is 3. The van der Waals surface area contributed by atoms with Crippen molar-refractivity contribution in [2.24, 2.45) is 0 Å². The first-order valence-electron chi connectivity index (χ1n) is 7.66. The van der Waals surface area contributed by atoms with Crippen LogP contribution in [-0.4, -0.2) is 21.0 Å². The Morgan fingerprint density at radius 3 is 2.80 bits per heavy atom. The number of amides is 1. The van der Waals surface area contributed by atoms with E-state index >= 15 is 0 Å². The molecular formula is C18H14N4O2S. The molecule has 3 aromatic heterocycles. The standard InChI is InChI=1S/C18H14N4O2S/c1-10-3-6-16(19-8-10)21-18(23)12-4-5-15-13(7-12)17(22-24-15)14-9-25-11(2)20-14/h3-9H,1-2H3,(H,19,21,23). The van der Waals surface area contributed by atoms with Gasteiger partial charge in [-0.25, -0.2) is 9.97 Å². The number of pyridine rings is 1. The summed E-state index contributed by atoms with van der Waals surface area (Å²) in [6, 6.07) is 8.87. The molecule has 0 aliphatic carbocycles.